The normalized spacial score (nSPS) is 17.9. The molecule has 0 amide bonds. The van der Waals surface area contributed by atoms with Crippen LogP contribution >= 0.6 is 0 Å². The van der Waals surface area contributed by atoms with Gasteiger partial charge in [-0.25, -0.2) is 14.4 Å². The predicted molar refractivity (Wildman–Crippen MR) is 136 cm³/mol. The molecule has 7 nitrogen and oxygen atoms in total. The van der Waals surface area contributed by atoms with Crippen LogP contribution in [-0.2, 0) is 6.54 Å². The van der Waals surface area contributed by atoms with Gasteiger partial charge in [0.05, 0.1) is 18.8 Å². The lowest BCUT2D eigenvalue weighted by Crippen LogP contribution is -2.29. The predicted octanol–water partition coefficient (Wildman–Crippen LogP) is 5.23. The average Bonchev–Trinajstić information content (AvgIpc) is 2.87. The molecule has 8 heteroatoms. The van der Waals surface area contributed by atoms with Crippen LogP contribution in [0.3, 0.4) is 0 Å². The first kappa shape index (κ1) is 24.0. The Morgan fingerprint density at radius 1 is 1.06 bits per heavy atom. The number of hydrogen-bond donors (Lipinski definition) is 0. The van der Waals surface area contributed by atoms with Gasteiger partial charge in [0, 0.05) is 24.2 Å². The molecule has 5 rings (SSSR count). The third-order valence-corrected chi connectivity index (χ3v) is 7.11. The second-order valence-electron chi connectivity index (χ2n) is 9.47. The Morgan fingerprint density at radius 3 is 2.56 bits per heavy atom. The summed E-state index contributed by atoms with van der Waals surface area (Å²) < 4.78 is 21.9. The van der Waals surface area contributed by atoms with E-state index in [0.717, 1.165) is 48.1 Å². The minimum atomic E-state index is -0.133. The Kier molecular flexibility index (Phi) is 6.76. The van der Waals surface area contributed by atoms with Crippen molar-refractivity contribution in [3.05, 3.63) is 87.1 Å². The maximum Gasteiger partial charge on any atom is 0.256 e. The summed E-state index contributed by atoms with van der Waals surface area (Å²) in [7, 11) is 0. The standard InChI is InChI=1S/C28H30FN5O2/c1-4-36-27-24(30-12-13-31-27)16-34-26-23(32-15-18(3)33-26)14-21(28(34)35)19-8-10-20(11-9-19)25-17(2)6-5-7-22(25)29/h5-7,12-15,19-20H,4,8-11,16H2,1-3H3. The van der Waals surface area contributed by atoms with E-state index in [2.05, 4.69) is 19.9 Å². The van der Waals surface area contributed by atoms with Crippen LogP contribution in [0.5, 0.6) is 5.88 Å². The minimum absolute atomic E-state index is 0.0767. The molecule has 36 heavy (non-hydrogen) atoms. The fourth-order valence-electron chi connectivity index (χ4n) is 5.40. The molecule has 0 spiro atoms. The summed E-state index contributed by atoms with van der Waals surface area (Å²) in [5.41, 5.74) is 4.93. The van der Waals surface area contributed by atoms with E-state index < -0.39 is 0 Å². The summed E-state index contributed by atoms with van der Waals surface area (Å²) in [6, 6.07) is 7.16. The lowest BCUT2D eigenvalue weighted by molar-refractivity contribution is 0.319. The van der Waals surface area contributed by atoms with Gasteiger partial charge in [-0.15, -0.1) is 0 Å². The number of fused-ring (bicyclic) bond motifs is 1. The van der Waals surface area contributed by atoms with Crippen LogP contribution in [0.1, 0.15) is 72.5 Å². The molecule has 1 saturated carbocycles. The van der Waals surface area contributed by atoms with Crippen LogP contribution in [0.15, 0.2) is 47.7 Å². The second kappa shape index (κ2) is 10.1. The number of benzene rings is 1. The quantitative estimate of drug-likeness (QED) is 0.371. The monoisotopic (exact) mass is 487 g/mol. The molecule has 3 heterocycles. The topological polar surface area (TPSA) is 82.8 Å². The molecule has 3 aromatic heterocycles. The highest BCUT2D eigenvalue weighted by atomic mass is 19.1. The first-order chi connectivity index (χ1) is 17.5. The number of pyridine rings is 1. The summed E-state index contributed by atoms with van der Waals surface area (Å²) in [5.74, 6) is 0.520. The number of halogens is 1. The van der Waals surface area contributed by atoms with Gasteiger partial charge >= 0.3 is 0 Å². The van der Waals surface area contributed by atoms with E-state index in [1.165, 1.54) is 0 Å². The fourth-order valence-corrected chi connectivity index (χ4v) is 5.40. The van der Waals surface area contributed by atoms with Crippen LogP contribution < -0.4 is 10.3 Å². The number of rotatable bonds is 6. The summed E-state index contributed by atoms with van der Waals surface area (Å²) in [6.45, 7) is 6.35. The van der Waals surface area contributed by atoms with Gasteiger partial charge in [-0.3, -0.25) is 19.3 Å². The van der Waals surface area contributed by atoms with Gasteiger partial charge in [0.2, 0.25) is 5.88 Å². The second-order valence-corrected chi connectivity index (χ2v) is 9.47. The lowest BCUT2D eigenvalue weighted by atomic mass is 9.75. The van der Waals surface area contributed by atoms with Gasteiger partial charge in [-0.1, -0.05) is 12.1 Å². The van der Waals surface area contributed by atoms with E-state index in [-0.39, 0.29) is 29.8 Å². The summed E-state index contributed by atoms with van der Waals surface area (Å²) in [6.07, 6.45) is 8.18. The Bertz CT molecular complexity index is 1440. The Balaban J connectivity index is 1.51. The van der Waals surface area contributed by atoms with Gasteiger partial charge in [-0.05, 0) is 81.5 Å². The summed E-state index contributed by atoms with van der Waals surface area (Å²) >= 11 is 0. The SMILES string of the molecule is CCOc1nccnc1Cn1c(=O)c(C2CCC(c3c(C)cccc3F)CC2)cc2ncc(C)nc21. The van der Waals surface area contributed by atoms with Gasteiger partial charge in [-0.2, -0.15) is 0 Å². The highest BCUT2D eigenvalue weighted by molar-refractivity contribution is 5.71. The molecule has 0 radical (unpaired) electrons. The Hall–Kier alpha value is -3.68. The zero-order valence-electron chi connectivity index (χ0n) is 20.9. The smallest absolute Gasteiger partial charge is 0.256 e. The third kappa shape index (κ3) is 4.59. The highest BCUT2D eigenvalue weighted by Gasteiger charge is 2.29. The lowest BCUT2D eigenvalue weighted by Gasteiger charge is -2.30. The Labute approximate surface area is 209 Å². The Morgan fingerprint density at radius 2 is 1.81 bits per heavy atom. The molecule has 0 aliphatic heterocycles. The molecular formula is C28H30FN5O2. The molecule has 186 valence electrons. The maximum atomic E-state index is 14.6. The van der Waals surface area contributed by atoms with Gasteiger partial charge < -0.3 is 4.74 Å². The van der Waals surface area contributed by atoms with Gasteiger partial charge in [0.25, 0.3) is 5.56 Å². The van der Waals surface area contributed by atoms with E-state index in [4.69, 9.17) is 4.74 Å². The zero-order valence-corrected chi connectivity index (χ0v) is 20.9. The number of aromatic nitrogens is 5. The van der Waals surface area contributed by atoms with Crippen molar-refractivity contribution in [1.82, 2.24) is 24.5 Å². The third-order valence-electron chi connectivity index (χ3n) is 7.11. The average molecular weight is 488 g/mol. The van der Waals surface area contributed by atoms with Crippen LogP contribution in [0.4, 0.5) is 4.39 Å². The number of aryl methyl sites for hydroxylation is 2. The molecule has 1 aliphatic rings. The largest absolute Gasteiger partial charge is 0.477 e. The van der Waals surface area contributed by atoms with Crippen molar-refractivity contribution in [1.29, 1.82) is 0 Å². The van der Waals surface area contributed by atoms with Crippen molar-refractivity contribution in [3.63, 3.8) is 0 Å². The zero-order chi connectivity index (χ0) is 25.2. The van der Waals surface area contributed by atoms with E-state index in [9.17, 15) is 9.18 Å². The first-order valence-corrected chi connectivity index (χ1v) is 12.5. The molecule has 0 bridgehead atoms. The molecule has 4 aromatic rings. The molecule has 0 atom stereocenters. The molecule has 1 fully saturated rings. The van der Waals surface area contributed by atoms with Crippen molar-refractivity contribution < 1.29 is 9.13 Å². The van der Waals surface area contributed by atoms with Gasteiger partial charge in [0.1, 0.15) is 17.0 Å². The first-order valence-electron chi connectivity index (χ1n) is 12.5. The van der Waals surface area contributed by atoms with Crippen molar-refractivity contribution in [2.24, 2.45) is 0 Å². The van der Waals surface area contributed by atoms with E-state index >= 15 is 0 Å². The van der Waals surface area contributed by atoms with Crippen LogP contribution in [0, 0.1) is 19.7 Å². The number of hydrogen-bond acceptors (Lipinski definition) is 6. The van der Waals surface area contributed by atoms with E-state index in [0.29, 0.717) is 29.3 Å². The molecule has 1 aliphatic carbocycles. The maximum absolute atomic E-state index is 14.6. The van der Waals surface area contributed by atoms with Gasteiger partial charge in [0.15, 0.2) is 5.65 Å². The van der Waals surface area contributed by atoms with Crippen molar-refractivity contribution in [2.45, 2.75) is 64.8 Å². The molecule has 0 unspecified atom stereocenters. The highest BCUT2D eigenvalue weighted by Crippen LogP contribution is 2.41. The van der Waals surface area contributed by atoms with Crippen LogP contribution in [-0.4, -0.2) is 31.1 Å². The van der Waals surface area contributed by atoms with Crippen molar-refractivity contribution >= 4 is 11.2 Å². The number of nitrogens with zero attached hydrogens (tertiary/aromatic N) is 5. The van der Waals surface area contributed by atoms with Crippen molar-refractivity contribution in [3.8, 4) is 5.88 Å². The van der Waals surface area contributed by atoms with Crippen LogP contribution in [0.25, 0.3) is 11.2 Å². The minimum Gasteiger partial charge on any atom is -0.477 e. The molecule has 0 saturated heterocycles. The summed E-state index contributed by atoms with van der Waals surface area (Å²) in [5, 5.41) is 0. The van der Waals surface area contributed by atoms with Crippen molar-refractivity contribution in [2.75, 3.05) is 6.61 Å². The van der Waals surface area contributed by atoms with Crippen LogP contribution in [0.2, 0.25) is 0 Å². The fraction of sp³-hybridized carbons (Fsp3) is 0.393. The summed E-state index contributed by atoms with van der Waals surface area (Å²) in [4.78, 5) is 31.8. The van der Waals surface area contributed by atoms with E-state index in [1.807, 2.05) is 32.9 Å². The molecular weight excluding hydrogens is 457 g/mol. The molecule has 0 N–H and O–H groups in total. The molecule has 1 aromatic carbocycles. The number of ether oxygens (including phenoxy) is 1. The van der Waals surface area contributed by atoms with E-state index in [1.54, 1.807) is 35.3 Å².